The van der Waals surface area contributed by atoms with Crippen LogP contribution in [0.25, 0.3) is 0 Å². The molecule has 0 unspecified atom stereocenters. The van der Waals surface area contributed by atoms with E-state index in [0.717, 1.165) is 0 Å². The summed E-state index contributed by atoms with van der Waals surface area (Å²) < 4.78 is 0. The molecule has 0 spiro atoms. The molecule has 0 aromatic heterocycles. The predicted molar refractivity (Wildman–Crippen MR) is 47.5 cm³/mol. The lowest BCUT2D eigenvalue weighted by molar-refractivity contribution is 1.05. The van der Waals surface area contributed by atoms with E-state index in [0.29, 0.717) is 10.4 Å². The fourth-order valence-electron chi connectivity index (χ4n) is 1.41. The SMILES string of the molecule is N=c1ccc2c(=N)c(=N)ccc=2c1=N. The first kappa shape index (κ1) is 8.50. The first-order chi connectivity index (χ1) is 6.61. The van der Waals surface area contributed by atoms with Gasteiger partial charge in [-0.2, -0.15) is 0 Å². The largest absolute Gasteiger partial charge is 0.299 e. The Morgan fingerprint density at radius 3 is 1.29 bits per heavy atom. The summed E-state index contributed by atoms with van der Waals surface area (Å²) in [7, 11) is 0. The van der Waals surface area contributed by atoms with Gasteiger partial charge < -0.3 is 0 Å². The number of rotatable bonds is 0. The average Bonchev–Trinajstić information content (AvgIpc) is 2.17. The second kappa shape index (κ2) is 2.70. The molecule has 0 amide bonds. The molecular weight excluding hydrogens is 176 g/mol. The van der Waals surface area contributed by atoms with Crippen LogP contribution in [0.15, 0.2) is 24.3 Å². The van der Waals surface area contributed by atoms with Crippen LogP contribution in [0, 0.1) is 32.1 Å². The third kappa shape index (κ3) is 1.01. The van der Waals surface area contributed by atoms with Crippen molar-refractivity contribution in [1.82, 2.24) is 0 Å². The van der Waals surface area contributed by atoms with Crippen molar-refractivity contribution in [2.24, 2.45) is 0 Å². The molecule has 0 bridgehead atoms. The fourth-order valence-corrected chi connectivity index (χ4v) is 1.41. The van der Waals surface area contributed by atoms with Gasteiger partial charge in [-0.25, -0.2) is 0 Å². The van der Waals surface area contributed by atoms with E-state index < -0.39 is 0 Å². The highest BCUT2D eigenvalue weighted by molar-refractivity contribution is 5.13. The van der Waals surface area contributed by atoms with E-state index in [4.69, 9.17) is 21.6 Å². The molecule has 68 valence electrons. The summed E-state index contributed by atoms with van der Waals surface area (Å²) in [4.78, 5) is 0. The van der Waals surface area contributed by atoms with Gasteiger partial charge in [0.15, 0.2) is 0 Å². The minimum absolute atomic E-state index is 0.121. The maximum Gasteiger partial charge on any atom is 0.0868 e. The molecule has 0 radical (unpaired) electrons. The Labute approximate surface area is 78.5 Å². The summed E-state index contributed by atoms with van der Waals surface area (Å²) in [6.45, 7) is 0. The van der Waals surface area contributed by atoms with Crippen molar-refractivity contribution >= 4 is 0 Å². The predicted octanol–water partition coefficient (Wildman–Crippen LogP) is -0.795. The van der Waals surface area contributed by atoms with Crippen LogP contribution >= 0.6 is 0 Å². The summed E-state index contributed by atoms with van der Waals surface area (Å²) in [5.41, 5.74) is 0. The molecule has 0 heterocycles. The van der Waals surface area contributed by atoms with Crippen molar-refractivity contribution in [1.29, 1.82) is 21.6 Å². The van der Waals surface area contributed by atoms with Gasteiger partial charge in [-0.15, -0.1) is 0 Å². The van der Waals surface area contributed by atoms with Crippen LogP contribution in [0.1, 0.15) is 0 Å². The van der Waals surface area contributed by atoms with E-state index in [2.05, 4.69) is 0 Å². The summed E-state index contributed by atoms with van der Waals surface area (Å²) in [6.07, 6.45) is 0. The van der Waals surface area contributed by atoms with Crippen molar-refractivity contribution in [2.75, 3.05) is 0 Å². The van der Waals surface area contributed by atoms with Gasteiger partial charge in [0.05, 0.1) is 21.4 Å². The molecule has 0 aromatic carbocycles. The molecule has 2 rings (SSSR count). The molecule has 0 atom stereocenters. The fraction of sp³-hybridized carbons (Fsp3) is 0. The van der Waals surface area contributed by atoms with Gasteiger partial charge in [0.1, 0.15) is 0 Å². The highest BCUT2D eigenvalue weighted by Crippen LogP contribution is 1.82. The van der Waals surface area contributed by atoms with E-state index in [1.807, 2.05) is 0 Å². The van der Waals surface area contributed by atoms with Gasteiger partial charge in [-0.3, -0.25) is 21.6 Å². The summed E-state index contributed by atoms with van der Waals surface area (Å²) >= 11 is 0. The summed E-state index contributed by atoms with van der Waals surface area (Å²) in [6, 6.07) is 6.22. The summed E-state index contributed by atoms with van der Waals surface area (Å²) in [5.74, 6) is 0. The number of hydrogen-bond donors (Lipinski definition) is 4. The summed E-state index contributed by atoms with van der Waals surface area (Å²) in [5, 5.41) is 31.8. The van der Waals surface area contributed by atoms with Crippen molar-refractivity contribution < 1.29 is 0 Å². The molecule has 0 saturated heterocycles. The van der Waals surface area contributed by atoms with Crippen LogP contribution in [0.3, 0.4) is 0 Å². The second-order valence-corrected chi connectivity index (χ2v) is 3.07. The first-order valence-corrected chi connectivity index (χ1v) is 4.07. The number of nitrogens with one attached hydrogen (secondary N) is 4. The van der Waals surface area contributed by atoms with Gasteiger partial charge in [0, 0.05) is 10.4 Å². The average molecular weight is 184 g/mol. The third-order valence-electron chi connectivity index (χ3n) is 2.20. The molecule has 4 heteroatoms. The normalized spacial score (nSPS) is 10.6. The minimum atomic E-state index is 0.121. The molecule has 4 nitrogen and oxygen atoms in total. The Balaban J connectivity index is 3.41. The lowest BCUT2D eigenvalue weighted by Crippen LogP contribution is -2.30. The zero-order chi connectivity index (χ0) is 10.3. The lowest BCUT2D eigenvalue weighted by atomic mass is 10.1. The minimum Gasteiger partial charge on any atom is -0.299 e. The third-order valence-corrected chi connectivity index (χ3v) is 2.20. The van der Waals surface area contributed by atoms with Crippen LogP contribution in [0.5, 0.6) is 0 Å². The highest BCUT2D eigenvalue weighted by Gasteiger charge is 1.95. The Hall–Kier alpha value is -2.10. The molecule has 4 N–H and O–H groups in total. The van der Waals surface area contributed by atoms with Gasteiger partial charge >= 0.3 is 0 Å². The number of hydrogen-bond acceptors (Lipinski definition) is 4. The van der Waals surface area contributed by atoms with Gasteiger partial charge in [0.2, 0.25) is 0 Å². The van der Waals surface area contributed by atoms with Crippen molar-refractivity contribution in [3.8, 4) is 0 Å². The van der Waals surface area contributed by atoms with Crippen LogP contribution < -0.4 is 21.4 Å². The first-order valence-electron chi connectivity index (χ1n) is 4.07. The van der Waals surface area contributed by atoms with E-state index in [1.165, 1.54) is 12.1 Å². The molecular formula is C10H8N4. The van der Waals surface area contributed by atoms with Crippen molar-refractivity contribution in [2.45, 2.75) is 0 Å². The Kier molecular flexibility index (Phi) is 1.64. The maximum absolute atomic E-state index is 7.62. The monoisotopic (exact) mass is 184 g/mol. The van der Waals surface area contributed by atoms with Gasteiger partial charge in [-0.1, -0.05) is 0 Å². The molecule has 2 aliphatic carbocycles. The Morgan fingerprint density at radius 1 is 0.571 bits per heavy atom. The smallest absolute Gasteiger partial charge is 0.0868 e. The van der Waals surface area contributed by atoms with E-state index in [-0.39, 0.29) is 21.4 Å². The zero-order valence-corrected chi connectivity index (χ0v) is 7.31. The topological polar surface area (TPSA) is 95.4 Å². The van der Waals surface area contributed by atoms with Crippen molar-refractivity contribution in [3.05, 3.63) is 56.1 Å². The molecule has 14 heavy (non-hydrogen) atoms. The van der Waals surface area contributed by atoms with Crippen LogP contribution in [0.4, 0.5) is 0 Å². The van der Waals surface area contributed by atoms with Crippen molar-refractivity contribution in [3.63, 3.8) is 0 Å². The van der Waals surface area contributed by atoms with Crippen LogP contribution in [-0.2, 0) is 0 Å². The second-order valence-electron chi connectivity index (χ2n) is 3.07. The van der Waals surface area contributed by atoms with Crippen LogP contribution in [-0.4, -0.2) is 0 Å². The Morgan fingerprint density at radius 2 is 0.929 bits per heavy atom. The highest BCUT2D eigenvalue weighted by atomic mass is 14.4. The molecule has 0 saturated carbocycles. The lowest BCUT2D eigenvalue weighted by Gasteiger charge is -1.92. The Bertz CT molecular complexity index is 684. The molecule has 0 fully saturated rings. The molecule has 0 aromatic rings. The van der Waals surface area contributed by atoms with E-state index in [1.54, 1.807) is 12.1 Å². The quantitative estimate of drug-likeness (QED) is 0.412. The molecule has 0 aliphatic heterocycles. The maximum atomic E-state index is 7.62. The van der Waals surface area contributed by atoms with Crippen LogP contribution in [0.2, 0.25) is 0 Å². The van der Waals surface area contributed by atoms with E-state index in [9.17, 15) is 0 Å². The van der Waals surface area contributed by atoms with Gasteiger partial charge in [0.25, 0.3) is 0 Å². The zero-order valence-electron chi connectivity index (χ0n) is 7.31. The van der Waals surface area contributed by atoms with Gasteiger partial charge in [-0.05, 0) is 24.3 Å². The molecule has 2 aliphatic rings. The standard InChI is InChI=1S/C10H8N4/c11-7-3-1-5-6(10(7)14)2-4-8(12)9(5)13/h1-4,11-14H. The van der Waals surface area contributed by atoms with E-state index >= 15 is 0 Å².